The van der Waals surface area contributed by atoms with Crippen molar-refractivity contribution in [3.63, 3.8) is 0 Å². The van der Waals surface area contributed by atoms with Crippen LogP contribution in [0.15, 0.2) is 18.2 Å². The monoisotopic (exact) mass is 283 g/mol. The third-order valence-corrected chi connectivity index (χ3v) is 3.13. The van der Waals surface area contributed by atoms with Crippen molar-refractivity contribution in [2.45, 2.75) is 33.6 Å². The Bertz CT molecular complexity index is 497. The number of halogens is 1. The number of rotatable bonds is 5. The average molecular weight is 284 g/mol. The Morgan fingerprint density at radius 2 is 1.95 bits per heavy atom. The molecule has 0 radical (unpaired) electrons. The molecule has 0 saturated heterocycles. The van der Waals surface area contributed by atoms with E-state index in [9.17, 15) is 9.59 Å². The molecule has 0 fully saturated rings. The average Bonchev–Trinajstić information content (AvgIpc) is 2.20. The molecule has 0 unspecified atom stereocenters. The molecule has 0 bridgehead atoms. The van der Waals surface area contributed by atoms with Crippen molar-refractivity contribution in [2.24, 2.45) is 5.41 Å². The van der Waals surface area contributed by atoms with Crippen molar-refractivity contribution in [1.29, 1.82) is 0 Å². The molecule has 0 spiro atoms. The highest BCUT2D eigenvalue weighted by molar-refractivity contribution is 6.31. The zero-order valence-corrected chi connectivity index (χ0v) is 12.0. The van der Waals surface area contributed by atoms with E-state index in [1.54, 1.807) is 26.0 Å². The van der Waals surface area contributed by atoms with Crippen molar-refractivity contribution in [2.75, 3.05) is 5.32 Å². The van der Waals surface area contributed by atoms with Gasteiger partial charge in [-0.25, -0.2) is 0 Å². The maximum atomic E-state index is 11.9. The maximum Gasteiger partial charge on any atom is 0.303 e. The first-order valence-corrected chi connectivity index (χ1v) is 6.35. The van der Waals surface area contributed by atoms with Gasteiger partial charge in [0.15, 0.2) is 0 Å². The Labute approximate surface area is 117 Å². The van der Waals surface area contributed by atoms with E-state index in [2.05, 4.69) is 5.32 Å². The van der Waals surface area contributed by atoms with Gasteiger partial charge in [-0.15, -0.1) is 0 Å². The summed E-state index contributed by atoms with van der Waals surface area (Å²) >= 11 is 5.97. The fraction of sp³-hybridized carbons (Fsp3) is 0.429. The highest BCUT2D eigenvalue weighted by Gasteiger charge is 2.25. The van der Waals surface area contributed by atoms with E-state index in [0.717, 1.165) is 5.56 Å². The predicted molar refractivity (Wildman–Crippen MR) is 75.5 cm³/mol. The lowest BCUT2D eigenvalue weighted by Crippen LogP contribution is -2.24. The molecule has 5 heteroatoms. The molecule has 1 aromatic rings. The highest BCUT2D eigenvalue weighted by Crippen LogP contribution is 2.26. The molecule has 0 aromatic heterocycles. The number of carboxylic acids is 1. The van der Waals surface area contributed by atoms with Gasteiger partial charge in [0.05, 0.1) is 6.42 Å². The Hall–Kier alpha value is -1.55. The summed E-state index contributed by atoms with van der Waals surface area (Å²) in [7, 11) is 0. The second-order valence-electron chi connectivity index (χ2n) is 5.42. The molecule has 1 rings (SSSR count). The molecule has 4 nitrogen and oxygen atoms in total. The van der Waals surface area contributed by atoms with Gasteiger partial charge in [0.1, 0.15) is 0 Å². The number of nitrogens with one attached hydrogen (secondary N) is 1. The molecule has 0 aliphatic rings. The fourth-order valence-electron chi connectivity index (χ4n) is 1.78. The van der Waals surface area contributed by atoms with E-state index in [1.807, 2.05) is 13.0 Å². The molecule has 1 aromatic carbocycles. The molecular weight excluding hydrogens is 266 g/mol. The molecular formula is C14H18ClNO3. The topological polar surface area (TPSA) is 66.4 Å². The van der Waals surface area contributed by atoms with Gasteiger partial charge in [0, 0.05) is 17.1 Å². The summed E-state index contributed by atoms with van der Waals surface area (Å²) in [5, 5.41) is 12.1. The van der Waals surface area contributed by atoms with Crippen LogP contribution in [0.3, 0.4) is 0 Å². The van der Waals surface area contributed by atoms with Crippen LogP contribution in [0, 0.1) is 12.3 Å². The number of carboxylic acid groups (broad SMARTS) is 1. The third-order valence-electron chi connectivity index (χ3n) is 2.72. The number of benzene rings is 1. The fourth-order valence-corrected chi connectivity index (χ4v) is 1.96. The van der Waals surface area contributed by atoms with Crippen LogP contribution in [0.2, 0.25) is 5.02 Å². The third kappa shape index (κ3) is 5.30. The van der Waals surface area contributed by atoms with Gasteiger partial charge in [-0.05, 0) is 30.0 Å². The molecule has 104 valence electrons. The number of amides is 1. The lowest BCUT2D eigenvalue weighted by Gasteiger charge is -2.21. The maximum absolute atomic E-state index is 11.9. The van der Waals surface area contributed by atoms with E-state index in [1.165, 1.54) is 0 Å². The zero-order valence-electron chi connectivity index (χ0n) is 11.3. The molecule has 19 heavy (non-hydrogen) atoms. The number of carbonyl (C=O) groups is 2. The van der Waals surface area contributed by atoms with Crippen LogP contribution in [0.25, 0.3) is 0 Å². The van der Waals surface area contributed by atoms with Gasteiger partial charge in [-0.3, -0.25) is 9.59 Å². The summed E-state index contributed by atoms with van der Waals surface area (Å²) in [6.45, 7) is 5.38. The summed E-state index contributed by atoms with van der Waals surface area (Å²) in [5.74, 6) is -1.12. The van der Waals surface area contributed by atoms with Gasteiger partial charge in [0.2, 0.25) is 5.91 Å². The number of aryl methyl sites for hydroxylation is 1. The summed E-state index contributed by atoms with van der Waals surface area (Å²) in [4.78, 5) is 22.5. The molecule has 0 atom stereocenters. The van der Waals surface area contributed by atoms with Crippen LogP contribution >= 0.6 is 11.6 Å². The Balaban J connectivity index is 2.64. The number of aliphatic carboxylic acids is 1. The number of anilines is 1. The van der Waals surface area contributed by atoms with Gasteiger partial charge in [-0.1, -0.05) is 31.5 Å². The van der Waals surface area contributed by atoms with Crippen molar-refractivity contribution in [3.8, 4) is 0 Å². The summed E-state index contributed by atoms with van der Waals surface area (Å²) in [5.41, 5.74) is 0.974. The van der Waals surface area contributed by atoms with E-state index in [0.29, 0.717) is 10.7 Å². The summed E-state index contributed by atoms with van der Waals surface area (Å²) in [6.07, 6.45) is 0.0971. The van der Waals surface area contributed by atoms with Crippen molar-refractivity contribution >= 4 is 29.2 Å². The Morgan fingerprint density at radius 3 is 2.47 bits per heavy atom. The number of carbonyl (C=O) groups excluding carboxylic acids is 1. The first kappa shape index (κ1) is 15.5. The zero-order chi connectivity index (χ0) is 14.6. The van der Waals surface area contributed by atoms with E-state index in [-0.39, 0.29) is 18.7 Å². The van der Waals surface area contributed by atoms with Crippen LogP contribution in [0.4, 0.5) is 5.69 Å². The van der Waals surface area contributed by atoms with Crippen LogP contribution in [-0.2, 0) is 9.59 Å². The normalized spacial score (nSPS) is 11.2. The van der Waals surface area contributed by atoms with E-state index >= 15 is 0 Å². The number of hydrogen-bond donors (Lipinski definition) is 2. The van der Waals surface area contributed by atoms with Crippen LogP contribution < -0.4 is 5.32 Å². The minimum Gasteiger partial charge on any atom is -0.481 e. The first-order valence-electron chi connectivity index (χ1n) is 5.97. The largest absolute Gasteiger partial charge is 0.481 e. The standard InChI is InChI=1S/C14H18ClNO3/c1-9-4-5-10(6-11(9)15)16-12(17)7-14(2,3)8-13(18)19/h4-6H,7-8H2,1-3H3,(H,16,17)(H,18,19). The van der Waals surface area contributed by atoms with E-state index < -0.39 is 11.4 Å². The van der Waals surface area contributed by atoms with Gasteiger partial charge >= 0.3 is 5.97 Å². The lowest BCUT2D eigenvalue weighted by molar-refractivity contribution is -0.139. The van der Waals surface area contributed by atoms with Crippen molar-refractivity contribution < 1.29 is 14.7 Å². The highest BCUT2D eigenvalue weighted by atomic mass is 35.5. The molecule has 0 saturated carbocycles. The Morgan fingerprint density at radius 1 is 1.32 bits per heavy atom. The minimum absolute atomic E-state index is 0.0466. The van der Waals surface area contributed by atoms with Crippen molar-refractivity contribution in [1.82, 2.24) is 0 Å². The van der Waals surface area contributed by atoms with Crippen LogP contribution in [0.5, 0.6) is 0 Å². The Kier molecular flexibility index (Phi) is 4.95. The second-order valence-corrected chi connectivity index (χ2v) is 5.83. The second kappa shape index (κ2) is 6.06. The lowest BCUT2D eigenvalue weighted by atomic mass is 9.85. The molecule has 1 amide bonds. The van der Waals surface area contributed by atoms with Gasteiger partial charge in [0.25, 0.3) is 0 Å². The van der Waals surface area contributed by atoms with Gasteiger partial charge < -0.3 is 10.4 Å². The minimum atomic E-state index is -0.906. The molecule has 0 heterocycles. The quantitative estimate of drug-likeness (QED) is 0.869. The van der Waals surface area contributed by atoms with E-state index in [4.69, 9.17) is 16.7 Å². The smallest absolute Gasteiger partial charge is 0.303 e. The van der Waals surface area contributed by atoms with Gasteiger partial charge in [-0.2, -0.15) is 0 Å². The van der Waals surface area contributed by atoms with Crippen LogP contribution in [0.1, 0.15) is 32.3 Å². The number of hydrogen-bond acceptors (Lipinski definition) is 2. The summed E-state index contributed by atoms with van der Waals surface area (Å²) < 4.78 is 0. The molecule has 0 aliphatic heterocycles. The summed E-state index contributed by atoms with van der Waals surface area (Å²) in [6, 6.07) is 5.27. The van der Waals surface area contributed by atoms with Crippen LogP contribution in [-0.4, -0.2) is 17.0 Å². The first-order chi connectivity index (χ1) is 8.69. The predicted octanol–water partition coefficient (Wildman–Crippen LogP) is 3.48. The molecule has 0 aliphatic carbocycles. The van der Waals surface area contributed by atoms with Crippen molar-refractivity contribution in [3.05, 3.63) is 28.8 Å². The SMILES string of the molecule is Cc1ccc(NC(=O)CC(C)(C)CC(=O)O)cc1Cl. The molecule has 2 N–H and O–H groups in total.